The Morgan fingerprint density at radius 3 is 2.38 bits per heavy atom. The van der Waals surface area contributed by atoms with E-state index in [0.29, 0.717) is 34.4 Å². The van der Waals surface area contributed by atoms with Gasteiger partial charge in [-0.1, -0.05) is 35.3 Å². The Kier molecular flexibility index (Phi) is 5.48. The first kappa shape index (κ1) is 20.4. The minimum absolute atomic E-state index is 0.0340. The van der Waals surface area contributed by atoms with E-state index in [4.69, 9.17) is 27.9 Å². The fraction of sp³-hybridized carbons (Fsp3) is 0.417. The lowest BCUT2D eigenvalue weighted by atomic mass is 9.33. The average molecular weight is 431 g/mol. The molecular weight excluding hydrogens is 407 g/mol. The van der Waals surface area contributed by atoms with E-state index >= 15 is 0 Å². The zero-order valence-electron chi connectivity index (χ0n) is 16.5. The molecule has 0 unspecified atom stereocenters. The molecule has 2 aromatic carbocycles. The summed E-state index contributed by atoms with van der Waals surface area (Å²) in [6, 6.07) is 13.0. The molecule has 2 aromatic rings. The van der Waals surface area contributed by atoms with Gasteiger partial charge in [-0.15, -0.1) is 0 Å². The quantitative estimate of drug-likeness (QED) is 0.488. The van der Waals surface area contributed by atoms with E-state index in [0.717, 1.165) is 36.8 Å². The van der Waals surface area contributed by atoms with Gasteiger partial charge in [0.05, 0.1) is 0 Å². The van der Waals surface area contributed by atoms with Gasteiger partial charge >= 0.3 is 0 Å². The second-order valence-electron chi connectivity index (χ2n) is 8.78. The van der Waals surface area contributed by atoms with Crippen molar-refractivity contribution in [2.45, 2.75) is 45.4 Å². The van der Waals surface area contributed by atoms with Gasteiger partial charge in [0.15, 0.2) is 5.78 Å². The molecule has 0 spiro atoms. The number of carbonyl (C=O) groups is 2. The predicted molar refractivity (Wildman–Crippen MR) is 115 cm³/mol. The number of benzene rings is 2. The van der Waals surface area contributed by atoms with E-state index in [2.05, 4.69) is 0 Å². The smallest absolute Gasteiger partial charge is 0.170 e. The summed E-state index contributed by atoms with van der Waals surface area (Å²) in [6.45, 7) is 1.97. The maximum absolute atomic E-state index is 12.7. The summed E-state index contributed by atoms with van der Waals surface area (Å²) < 4.78 is 5.62. The van der Waals surface area contributed by atoms with E-state index in [9.17, 15) is 9.59 Å². The van der Waals surface area contributed by atoms with Crippen molar-refractivity contribution in [2.24, 2.45) is 10.8 Å². The first-order valence-electron chi connectivity index (χ1n) is 9.98. The molecule has 2 bridgehead atoms. The highest BCUT2D eigenvalue weighted by Crippen LogP contribution is 2.75. The third-order valence-electron chi connectivity index (χ3n) is 6.39. The van der Waals surface area contributed by atoms with Gasteiger partial charge in [0.2, 0.25) is 0 Å². The molecule has 3 saturated carbocycles. The number of hydrogen-bond donors (Lipinski definition) is 0. The van der Waals surface area contributed by atoms with Crippen LogP contribution in [0.5, 0.6) is 5.75 Å². The SMILES string of the molecule is Cc1cc(OCC(=O)CC23CC(C(=O)CCc4ccc(Cl)cc4)(C2)C3)ccc1Cl. The van der Waals surface area contributed by atoms with Crippen LogP contribution in [0.4, 0.5) is 0 Å². The first-order chi connectivity index (χ1) is 13.8. The fourth-order valence-corrected chi connectivity index (χ4v) is 5.24. The Morgan fingerprint density at radius 1 is 1.03 bits per heavy atom. The third-order valence-corrected chi connectivity index (χ3v) is 7.06. The van der Waals surface area contributed by atoms with Crippen molar-refractivity contribution in [3.05, 3.63) is 63.6 Å². The highest BCUT2D eigenvalue weighted by molar-refractivity contribution is 6.31. The van der Waals surface area contributed by atoms with Crippen LogP contribution >= 0.6 is 23.2 Å². The molecule has 5 rings (SSSR count). The highest BCUT2D eigenvalue weighted by Gasteiger charge is 2.70. The molecule has 0 heterocycles. The largest absolute Gasteiger partial charge is 0.486 e. The number of Topliss-reactive ketones (excluding diaryl/α,β-unsaturated/α-hetero) is 2. The topological polar surface area (TPSA) is 43.4 Å². The third kappa shape index (κ3) is 4.22. The fourth-order valence-electron chi connectivity index (χ4n) is 5.00. The number of aryl methyl sites for hydroxylation is 2. The van der Waals surface area contributed by atoms with Crippen molar-refractivity contribution < 1.29 is 14.3 Å². The molecule has 0 atom stereocenters. The van der Waals surface area contributed by atoms with Gasteiger partial charge in [-0.25, -0.2) is 0 Å². The second kappa shape index (κ2) is 7.77. The van der Waals surface area contributed by atoms with E-state index in [-0.39, 0.29) is 23.2 Å². The van der Waals surface area contributed by atoms with E-state index in [1.165, 1.54) is 0 Å². The highest BCUT2D eigenvalue weighted by atomic mass is 35.5. The lowest BCUT2D eigenvalue weighted by Gasteiger charge is -2.70. The second-order valence-corrected chi connectivity index (χ2v) is 9.62. The molecular formula is C24H24Cl2O3. The maximum Gasteiger partial charge on any atom is 0.170 e. The minimum Gasteiger partial charge on any atom is -0.486 e. The van der Waals surface area contributed by atoms with Crippen molar-refractivity contribution in [3.63, 3.8) is 0 Å². The summed E-state index contributed by atoms with van der Waals surface area (Å²) in [4.78, 5) is 25.0. The van der Waals surface area contributed by atoms with Crippen LogP contribution in [0.3, 0.4) is 0 Å². The predicted octanol–water partition coefficient (Wildman–Crippen LogP) is 6.01. The van der Waals surface area contributed by atoms with Gasteiger partial charge in [0, 0.05) is 28.3 Å². The number of hydrogen-bond acceptors (Lipinski definition) is 3. The van der Waals surface area contributed by atoms with Crippen molar-refractivity contribution in [1.82, 2.24) is 0 Å². The van der Waals surface area contributed by atoms with Crippen molar-refractivity contribution in [2.75, 3.05) is 6.61 Å². The molecule has 0 saturated heterocycles. The molecule has 29 heavy (non-hydrogen) atoms. The lowest BCUT2D eigenvalue weighted by molar-refractivity contribution is -0.208. The van der Waals surface area contributed by atoms with Crippen LogP contribution < -0.4 is 4.74 Å². The lowest BCUT2D eigenvalue weighted by Crippen LogP contribution is -2.65. The summed E-state index contributed by atoms with van der Waals surface area (Å²) in [6.07, 6.45) is 4.37. The van der Waals surface area contributed by atoms with Gasteiger partial charge in [-0.3, -0.25) is 9.59 Å². The van der Waals surface area contributed by atoms with E-state index < -0.39 is 0 Å². The van der Waals surface area contributed by atoms with Crippen molar-refractivity contribution >= 4 is 34.8 Å². The van der Waals surface area contributed by atoms with Crippen LogP contribution in [0.25, 0.3) is 0 Å². The summed E-state index contributed by atoms with van der Waals surface area (Å²) in [5.41, 5.74) is 1.93. The molecule has 0 radical (unpaired) electrons. The molecule has 5 heteroatoms. The van der Waals surface area contributed by atoms with Crippen LogP contribution in [0.1, 0.15) is 43.2 Å². The molecule has 0 aromatic heterocycles. The Bertz CT molecular complexity index is 929. The molecule has 3 nitrogen and oxygen atoms in total. The summed E-state index contributed by atoms with van der Waals surface area (Å²) in [7, 11) is 0. The van der Waals surface area contributed by atoms with Crippen LogP contribution in [-0.4, -0.2) is 18.2 Å². The van der Waals surface area contributed by atoms with Crippen LogP contribution in [-0.2, 0) is 16.0 Å². The number of carbonyl (C=O) groups excluding carboxylic acids is 2. The summed E-state index contributed by atoms with van der Waals surface area (Å²) in [5.74, 6) is 1.10. The Balaban J connectivity index is 1.21. The van der Waals surface area contributed by atoms with Gasteiger partial charge in [0.1, 0.15) is 18.1 Å². The zero-order chi connectivity index (χ0) is 20.6. The first-order valence-corrected chi connectivity index (χ1v) is 10.7. The van der Waals surface area contributed by atoms with Crippen LogP contribution in [0, 0.1) is 17.8 Å². The summed E-state index contributed by atoms with van der Waals surface area (Å²) in [5, 5.41) is 1.39. The average Bonchev–Trinajstić information content (AvgIpc) is 2.63. The number of ketones is 2. The molecule has 0 amide bonds. The molecule has 152 valence electrons. The van der Waals surface area contributed by atoms with E-state index in [1.54, 1.807) is 12.1 Å². The monoisotopic (exact) mass is 430 g/mol. The van der Waals surface area contributed by atoms with E-state index in [1.807, 2.05) is 37.3 Å². The van der Waals surface area contributed by atoms with Gasteiger partial charge in [0.25, 0.3) is 0 Å². The van der Waals surface area contributed by atoms with Crippen molar-refractivity contribution in [3.8, 4) is 5.75 Å². The Labute approximate surface area is 181 Å². The normalized spacial score (nSPS) is 24.4. The number of halogens is 2. The standard InChI is InChI=1S/C24H24Cl2O3/c1-16-10-20(7-8-21(16)26)29-12-19(27)11-23-13-24(14-23,15-23)22(28)9-4-17-2-5-18(25)6-3-17/h2-3,5-8,10H,4,9,11-15H2,1H3. The zero-order valence-corrected chi connectivity index (χ0v) is 18.0. The Hall–Kier alpha value is -1.84. The molecule has 0 N–H and O–H groups in total. The molecule has 0 aliphatic heterocycles. The number of ether oxygens (including phenoxy) is 1. The molecule has 3 aliphatic rings. The van der Waals surface area contributed by atoms with Gasteiger partial charge in [-0.2, -0.15) is 0 Å². The maximum atomic E-state index is 12.7. The molecule has 3 fully saturated rings. The van der Waals surface area contributed by atoms with Crippen LogP contribution in [0.15, 0.2) is 42.5 Å². The van der Waals surface area contributed by atoms with Gasteiger partial charge < -0.3 is 4.74 Å². The van der Waals surface area contributed by atoms with Gasteiger partial charge in [-0.05, 0) is 79.5 Å². The summed E-state index contributed by atoms with van der Waals surface area (Å²) >= 11 is 11.9. The molecule has 3 aliphatic carbocycles. The van der Waals surface area contributed by atoms with Crippen molar-refractivity contribution in [1.29, 1.82) is 0 Å². The minimum atomic E-state index is -0.166. The van der Waals surface area contributed by atoms with Crippen LogP contribution in [0.2, 0.25) is 10.0 Å². The Morgan fingerprint density at radius 2 is 1.72 bits per heavy atom. The number of rotatable bonds is 9.